The molecule has 0 spiro atoms. The Balaban J connectivity index is 1.28. The first-order valence-corrected chi connectivity index (χ1v) is 21.7. The lowest BCUT2D eigenvalue weighted by molar-refractivity contribution is 1.17. The molecule has 0 bridgehead atoms. The molecule has 0 saturated carbocycles. The molecule has 0 amide bonds. The molecule has 0 unspecified atom stereocenters. The minimum Gasteiger partial charge on any atom is -0.307 e. The van der Waals surface area contributed by atoms with Gasteiger partial charge in [0.15, 0.2) is 5.82 Å². The Morgan fingerprint density at radius 3 is 1.40 bits per heavy atom. The topological polar surface area (TPSA) is 43.6 Å². The molecule has 0 atom stereocenters. The van der Waals surface area contributed by atoms with Crippen LogP contribution in [0.1, 0.15) is 0 Å². The van der Waals surface area contributed by atoms with E-state index in [1.807, 2.05) is 24.4 Å². The molecule has 62 heavy (non-hydrogen) atoms. The number of nitrogens with zero attached hydrogens (tertiary/aromatic N) is 4. The first-order chi connectivity index (χ1) is 30.8. The maximum absolute atomic E-state index is 5.44. The molecule has 4 heterocycles. The van der Waals surface area contributed by atoms with Gasteiger partial charge in [-0.3, -0.25) is 4.98 Å². The van der Waals surface area contributed by atoms with Crippen LogP contribution in [0.3, 0.4) is 0 Å². The SMILES string of the molecule is c1ccc(-c2cc(-c3nc(-c4ccccn4)nc4c3sc3ccccc34)cc(-c3ccccc3)c2-n2c3c(-c4ccccc4)cccc3c3cccc(-c4ccccc4)c32)cc1. The molecule has 4 nitrogen and oxygen atoms in total. The van der Waals surface area contributed by atoms with Crippen molar-refractivity contribution >= 4 is 53.4 Å². The van der Waals surface area contributed by atoms with Gasteiger partial charge in [0.25, 0.3) is 0 Å². The Kier molecular flexibility index (Phi) is 8.65. The molecule has 0 aliphatic carbocycles. The van der Waals surface area contributed by atoms with Crippen molar-refractivity contribution in [2.75, 3.05) is 0 Å². The molecule has 5 heteroatoms. The van der Waals surface area contributed by atoms with Crippen molar-refractivity contribution in [2.24, 2.45) is 0 Å². The number of pyridine rings is 1. The van der Waals surface area contributed by atoms with Crippen LogP contribution in [-0.4, -0.2) is 19.5 Å². The van der Waals surface area contributed by atoms with Gasteiger partial charge in [0.2, 0.25) is 0 Å². The van der Waals surface area contributed by atoms with Crippen molar-refractivity contribution < 1.29 is 0 Å². The van der Waals surface area contributed by atoms with E-state index in [-0.39, 0.29) is 0 Å². The number of rotatable bonds is 7. The summed E-state index contributed by atoms with van der Waals surface area (Å²) in [6.45, 7) is 0. The summed E-state index contributed by atoms with van der Waals surface area (Å²) in [4.78, 5) is 15.4. The van der Waals surface area contributed by atoms with Gasteiger partial charge in [-0.15, -0.1) is 11.3 Å². The zero-order valence-corrected chi connectivity index (χ0v) is 34.3. The highest BCUT2D eigenvalue weighted by Gasteiger charge is 2.26. The van der Waals surface area contributed by atoms with Gasteiger partial charge < -0.3 is 4.57 Å². The van der Waals surface area contributed by atoms with Crippen molar-refractivity contribution in [3.63, 3.8) is 0 Å². The maximum atomic E-state index is 5.44. The first kappa shape index (κ1) is 35.9. The predicted molar refractivity (Wildman–Crippen MR) is 260 cm³/mol. The molecular weight excluding hydrogens is 773 g/mol. The highest BCUT2D eigenvalue weighted by Crippen LogP contribution is 2.49. The van der Waals surface area contributed by atoms with Gasteiger partial charge in [-0.25, -0.2) is 9.97 Å². The second-order valence-electron chi connectivity index (χ2n) is 15.5. The lowest BCUT2D eigenvalue weighted by Gasteiger charge is -2.23. The van der Waals surface area contributed by atoms with E-state index >= 15 is 0 Å². The van der Waals surface area contributed by atoms with Crippen LogP contribution in [0.25, 0.3) is 115 Å². The second-order valence-corrected chi connectivity index (χ2v) is 16.6. The Hall–Kier alpha value is -7.99. The van der Waals surface area contributed by atoms with Crippen LogP contribution >= 0.6 is 11.3 Å². The van der Waals surface area contributed by atoms with Gasteiger partial charge in [0.1, 0.15) is 5.69 Å². The molecule has 0 aliphatic rings. The summed E-state index contributed by atoms with van der Waals surface area (Å²) in [7, 11) is 0. The lowest BCUT2D eigenvalue weighted by Crippen LogP contribution is -2.04. The van der Waals surface area contributed by atoms with E-state index < -0.39 is 0 Å². The van der Waals surface area contributed by atoms with Gasteiger partial charge in [-0.05, 0) is 52.6 Å². The van der Waals surface area contributed by atoms with Crippen LogP contribution < -0.4 is 0 Å². The first-order valence-electron chi connectivity index (χ1n) is 20.9. The van der Waals surface area contributed by atoms with Crippen LogP contribution in [0.2, 0.25) is 0 Å². The average molecular weight is 809 g/mol. The third-order valence-electron chi connectivity index (χ3n) is 11.9. The molecule has 12 aromatic rings. The largest absolute Gasteiger partial charge is 0.307 e. The van der Waals surface area contributed by atoms with Crippen LogP contribution in [0.5, 0.6) is 0 Å². The fraction of sp³-hybridized carbons (Fsp3) is 0. The molecule has 4 aromatic heterocycles. The highest BCUT2D eigenvalue weighted by atomic mass is 32.1. The minimum atomic E-state index is 0.602. The van der Waals surface area contributed by atoms with Crippen LogP contribution in [0.4, 0.5) is 0 Å². The molecule has 0 radical (unpaired) electrons. The van der Waals surface area contributed by atoms with Gasteiger partial charge in [0, 0.05) is 54.9 Å². The zero-order valence-electron chi connectivity index (χ0n) is 33.5. The fourth-order valence-corrected chi connectivity index (χ4v) is 10.3. The number of fused-ring (bicyclic) bond motifs is 6. The van der Waals surface area contributed by atoms with E-state index in [9.17, 15) is 0 Å². The molecular formula is C57H36N4S. The van der Waals surface area contributed by atoms with Crippen LogP contribution in [0, 0.1) is 0 Å². The number of benzene rings is 8. The third kappa shape index (κ3) is 5.93. The minimum absolute atomic E-state index is 0.602. The zero-order chi connectivity index (χ0) is 41.0. The van der Waals surface area contributed by atoms with Crippen molar-refractivity contribution in [3.8, 4) is 73.0 Å². The molecule has 0 saturated heterocycles. The standard InChI is InChI=1S/C57H36N4S/c1-5-19-37(20-6-1)42-28-17-30-44-45-31-18-29-43(38-21-7-2-8-22-38)54(45)61(53(42)44)55-47(39-23-9-3-10-24-39)35-41(36-48(55)40-25-11-4-12-26-40)51-56-52(46-27-13-14-33-50(46)62-56)60-57(59-51)49-32-15-16-34-58-49/h1-36H. The van der Waals surface area contributed by atoms with Gasteiger partial charge in [-0.1, -0.05) is 182 Å². The summed E-state index contributed by atoms with van der Waals surface area (Å²) < 4.78 is 4.79. The number of para-hydroxylation sites is 2. The van der Waals surface area contributed by atoms with Crippen molar-refractivity contribution in [1.82, 2.24) is 19.5 Å². The Bertz CT molecular complexity index is 3440. The van der Waals surface area contributed by atoms with Crippen LogP contribution in [-0.2, 0) is 0 Å². The number of hydrogen-bond donors (Lipinski definition) is 0. The Morgan fingerprint density at radius 2 is 0.871 bits per heavy atom. The van der Waals surface area contributed by atoms with Gasteiger partial charge in [0.05, 0.1) is 32.6 Å². The molecule has 0 N–H and O–H groups in total. The second kappa shape index (κ2) is 14.9. The van der Waals surface area contributed by atoms with E-state index in [4.69, 9.17) is 15.0 Å². The van der Waals surface area contributed by atoms with Gasteiger partial charge in [-0.2, -0.15) is 0 Å². The highest BCUT2D eigenvalue weighted by molar-refractivity contribution is 7.26. The molecule has 12 rings (SSSR count). The lowest BCUT2D eigenvalue weighted by atomic mass is 9.91. The maximum Gasteiger partial charge on any atom is 0.179 e. The Morgan fingerprint density at radius 1 is 0.387 bits per heavy atom. The van der Waals surface area contributed by atoms with E-state index in [1.54, 1.807) is 11.3 Å². The number of hydrogen-bond acceptors (Lipinski definition) is 4. The average Bonchev–Trinajstić information content (AvgIpc) is 3.91. The van der Waals surface area contributed by atoms with Crippen molar-refractivity contribution in [2.45, 2.75) is 0 Å². The fourth-order valence-electron chi connectivity index (χ4n) is 9.12. The molecule has 0 aliphatic heterocycles. The Labute approximate surface area is 362 Å². The van der Waals surface area contributed by atoms with E-state index in [0.717, 1.165) is 82.7 Å². The smallest absolute Gasteiger partial charge is 0.179 e. The normalized spacial score (nSPS) is 11.5. The quantitative estimate of drug-likeness (QED) is 0.161. The summed E-state index contributed by atoms with van der Waals surface area (Å²) in [6, 6.07) is 75.9. The van der Waals surface area contributed by atoms with E-state index in [2.05, 4.69) is 199 Å². The van der Waals surface area contributed by atoms with E-state index in [1.165, 1.54) is 26.6 Å². The number of thiophene rings is 1. The molecule has 8 aromatic carbocycles. The van der Waals surface area contributed by atoms with Crippen LogP contribution in [0.15, 0.2) is 219 Å². The molecule has 0 fully saturated rings. The summed E-state index contributed by atoms with van der Waals surface area (Å²) >= 11 is 1.74. The summed E-state index contributed by atoms with van der Waals surface area (Å²) in [5.41, 5.74) is 16.1. The summed E-state index contributed by atoms with van der Waals surface area (Å²) in [5, 5.41) is 3.51. The van der Waals surface area contributed by atoms with Gasteiger partial charge >= 0.3 is 0 Å². The predicted octanol–water partition coefficient (Wildman–Crippen LogP) is 15.3. The van der Waals surface area contributed by atoms with E-state index in [0.29, 0.717) is 5.82 Å². The van der Waals surface area contributed by atoms with Crippen molar-refractivity contribution in [1.29, 1.82) is 0 Å². The monoisotopic (exact) mass is 808 g/mol. The van der Waals surface area contributed by atoms with Crippen molar-refractivity contribution in [3.05, 3.63) is 219 Å². The number of aromatic nitrogens is 4. The third-order valence-corrected chi connectivity index (χ3v) is 13.0. The summed E-state index contributed by atoms with van der Waals surface area (Å²) in [6.07, 6.45) is 1.81. The molecule has 290 valence electrons. The summed E-state index contributed by atoms with van der Waals surface area (Å²) in [5.74, 6) is 0.602.